The van der Waals surface area contributed by atoms with Gasteiger partial charge in [-0.25, -0.2) is 43.9 Å². The predicted molar refractivity (Wildman–Crippen MR) is 278 cm³/mol. The van der Waals surface area contributed by atoms with Gasteiger partial charge in [-0.05, 0) is 80.3 Å². The topological polar surface area (TPSA) is 47.6 Å². The molecule has 10 rings (SSSR count). The summed E-state index contributed by atoms with van der Waals surface area (Å²) in [5.74, 6) is -21.4. The van der Waals surface area contributed by atoms with Crippen molar-refractivity contribution in [3.63, 3.8) is 0 Å². The summed E-state index contributed by atoms with van der Waals surface area (Å²) in [6.45, 7) is 0. The number of hydrogen-bond acceptors (Lipinski definition) is 2. The van der Waals surface area contributed by atoms with Crippen LogP contribution in [0.1, 0.15) is 11.1 Å². The average molecular weight is 1180 g/mol. The summed E-state index contributed by atoms with van der Waals surface area (Å²) in [4.78, 5) is 0. The molecule has 0 N–H and O–H groups in total. The first-order valence-electron chi connectivity index (χ1n) is 21.8. The molecule has 0 aliphatic heterocycles. The molecule has 75 heavy (non-hydrogen) atoms. The molecule has 10 aromatic rings. The first-order valence-corrected chi connectivity index (χ1v) is 29.0. The standard InChI is InChI=1S/C44H32P2.2C7F5N.2ClH.Ru/c1-5-19-35(20-6-1)45(36-21-7-2-8-22-36)41-31-29-33-17-13-15-27-39(33)43(41)44-40-28-16-14-18-34(40)30-32-42(44)46(37-23-9-3-10-24-37)38-25-11-4-12-26-38;2*8-3-2(1-13)4(9)6(11)7(12)5(3)10;;;/h1-32H;;;2*1H;/q;;;;;+2/p-2. The maximum atomic E-state index is 12.5. The van der Waals surface area contributed by atoms with Gasteiger partial charge in [-0.15, -0.1) is 0 Å². The van der Waals surface area contributed by atoms with Crippen LogP contribution in [0.5, 0.6) is 0 Å². The molecule has 2 nitrogen and oxygen atoms in total. The Balaban J connectivity index is 0.000000230. The Kier molecular flexibility index (Phi) is 19.4. The number of hydrogen-bond donors (Lipinski definition) is 0. The van der Waals surface area contributed by atoms with E-state index in [0.717, 1.165) is 12.1 Å². The third-order valence-corrected chi connectivity index (χ3v) is 16.2. The van der Waals surface area contributed by atoms with Crippen molar-refractivity contribution in [3.8, 4) is 23.3 Å². The molecule has 0 heterocycles. The maximum Gasteiger partial charge on any atom is -0.000884 e. The van der Waals surface area contributed by atoms with E-state index in [0.29, 0.717) is 0 Å². The van der Waals surface area contributed by atoms with Gasteiger partial charge in [0.25, 0.3) is 0 Å². The van der Waals surface area contributed by atoms with Crippen molar-refractivity contribution >= 4 is 88.6 Å². The molecule has 10 aromatic carbocycles. The number of benzene rings is 10. The van der Waals surface area contributed by atoms with Crippen molar-refractivity contribution in [3.05, 3.63) is 263 Å². The normalized spacial score (nSPS) is 10.7. The quantitative estimate of drug-likeness (QED) is 0.0525. The van der Waals surface area contributed by atoms with Gasteiger partial charge in [0, 0.05) is 0 Å². The van der Waals surface area contributed by atoms with E-state index >= 15 is 0 Å². The molecular weight excluding hydrogens is 1150 g/mol. The average Bonchev–Trinajstić information content (AvgIpc) is 3.46. The van der Waals surface area contributed by atoms with Gasteiger partial charge in [-0.1, -0.05) is 194 Å². The van der Waals surface area contributed by atoms with Crippen LogP contribution in [0, 0.1) is 80.8 Å². The van der Waals surface area contributed by atoms with Crippen LogP contribution in [-0.2, 0) is 15.1 Å². The molecule has 0 bridgehead atoms. The van der Waals surface area contributed by atoms with Crippen molar-refractivity contribution in [2.24, 2.45) is 0 Å². The molecule has 0 aromatic heterocycles. The van der Waals surface area contributed by atoms with Gasteiger partial charge in [-0.2, -0.15) is 10.5 Å². The van der Waals surface area contributed by atoms with Crippen molar-refractivity contribution < 1.29 is 59.0 Å². The molecule has 0 atom stereocenters. The molecule has 0 saturated carbocycles. The van der Waals surface area contributed by atoms with Crippen LogP contribution in [0.15, 0.2) is 194 Å². The molecular formula is C58H32Cl2F10N2P2Ru. The molecule has 0 aliphatic carbocycles. The second kappa shape index (κ2) is 26.0. The molecule has 17 heteroatoms. The van der Waals surface area contributed by atoms with E-state index in [4.69, 9.17) is 29.9 Å². The minimum atomic E-state index is -2.27. The number of rotatable bonds is 7. The predicted octanol–water partition coefficient (Wildman–Crippen LogP) is 15.1. The Labute approximate surface area is 442 Å². The van der Waals surface area contributed by atoms with Crippen LogP contribution in [0.25, 0.3) is 32.7 Å². The molecule has 376 valence electrons. The molecule has 0 spiro atoms. The maximum absolute atomic E-state index is 12.5. The Morgan fingerprint density at radius 2 is 0.533 bits per heavy atom. The van der Waals surface area contributed by atoms with Gasteiger partial charge < -0.3 is 0 Å². The van der Waals surface area contributed by atoms with E-state index in [-0.39, 0.29) is 15.1 Å². The molecule has 0 amide bonds. The third kappa shape index (κ3) is 12.1. The van der Waals surface area contributed by atoms with Gasteiger partial charge in [-0.3, -0.25) is 0 Å². The van der Waals surface area contributed by atoms with Crippen LogP contribution in [0.4, 0.5) is 43.9 Å². The van der Waals surface area contributed by atoms with E-state index in [2.05, 4.69) is 194 Å². The summed E-state index contributed by atoms with van der Waals surface area (Å²) in [7, 11) is 8.00. The van der Waals surface area contributed by atoms with Gasteiger partial charge >= 0.3 is 34.5 Å². The summed E-state index contributed by atoms with van der Waals surface area (Å²) >= 11 is -0.346. The zero-order valence-electron chi connectivity index (χ0n) is 38.2. The van der Waals surface area contributed by atoms with E-state index in [1.165, 1.54) is 64.5 Å². The number of halogens is 12. The van der Waals surface area contributed by atoms with Crippen LogP contribution < -0.4 is 31.8 Å². The van der Waals surface area contributed by atoms with Gasteiger partial charge in [0.2, 0.25) is 11.6 Å². The van der Waals surface area contributed by atoms with E-state index in [9.17, 15) is 43.9 Å². The number of fused-ring (bicyclic) bond motifs is 2. The smallest absolute Gasteiger partial charge is 0.000884 e. The monoisotopic (exact) mass is 1180 g/mol. The minimum absolute atomic E-state index is 0.346. The van der Waals surface area contributed by atoms with E-state index in [1.54, 1.807) is 0 Å². The summed E-state index contributed by atoms with van der Waals surface area (Å²) in [5, 5.41) is 29.4. The van der Waals surface area contributed by atoms with Gasteiger partial charge in [0.1, 0.15) is 23.3 Å². The summed E-state index contributed by atoms with van der Waals surface area (Å²) in [5.41, 5.74) is -0.251. The molecule has 0 radical (unpaired) electrons. The van der Waals surface area contributed by atoms with Gasteiger partial charge in [0.05, 0.1) is 0 Å². The fourth-order valence-electron chi connectivity index (χ4n) is 7.99. The van der Waals surface area contributed by atoms with Crippen molar-refractivity contribution in [1.82, 2.24) is 0 Å². The SMILES string of the molecule is N#Cc1c(F)c(F)c(F)c(F)c1F.N#Cc1c(F)c(F)c(F)c(F)c1F.[Cl][Ru][Cl].c1ccc(P(c2ccccc2)c2ccc3ccccc3c2-c2c(P(c3ccccc3)c3ccccc3)ccc3ccccc23)cc1. The first kappa shape index (κ1) is 55.8. The minimum Gasteiger partial charge on any atom is -0.0622 e. The Morgan fingerprint density at radius 1 is 0.307 bits per heavy atom. The van der Waals surface area contributed by atoms with E-state index in [1.807, 2.05) is 0 Å². The van der Waals surface area contributed by atoms with Crippen LogP contribution >= 0.6 is 35.2 Å². The van der Waals surface area contributed by atoms with Crippen molar-refractivity contribution in [1.29, 1.82) is 10.5 Å². The fourth-order valence-corrected chi connectivity index (χ4v) is 12.9. The molecule has 0 fully saturated rings. The van der Waals surface area contributed by atoms with Crippen molar-refractivity contribution in [2.75, 3.05) is 0 Å². The second-order valence-corrected chi connectivity index (χ2v) is 22.5. The first-order chi connectivity index (χ1) is 36.3. The van der Waals surface area contributed by atoms with E-state index < -0.39 is 85.1 Å². The van der Waals surface area contributed by atoms with Gasteiger partial charge in [0.15, 0.2) is 46.5 Å². The Bertz CT molecular complexity index is 3340. The molecule has 0 aliphatic rings. The fraction of sp³-hybridized carbons (Fsp3) is 0. The zero-order valence-corrected chi connectivity index (χ0v) is 43.2. The Hall–Kier alpha value is -6.94. The van der Waals surface area contributed by atoms with Crippen LogP contribution in [-0.4, -0.2) is 0 Å². The number of nitriles is 2. The molecule has 0 unspecified atom stereocenters. The third-order valence-electron chi connectivity index (χ3n) is 11.2. The summed E-state index contributed by atoms with van der Waals surface area (Å²) in [6.07, 6.45) is 0. The van der Waals surface area contributed by atoms with Crippen molar-refractivity contribution in [2.45, 2.75) is 0 Å². The van der Waals surface area contributed by atoms with Crippen LogP contribution in [0.3, 0.4) is 0 Å². The summed E-state index contributed by atoms with van der Waals surface area (Å²) in [6, 6.07) is 73.6. The second-order valence-electron chi connectivity index (χ2n) is 15.5. The summed E-state index contributed by atoms with van der Waals surface area (Å²) < 4.78 is 124. The number of nitrogens with zero attached hydrogens (tertiary/aromatic N) is 2. The van der Waals surface area contributed by atoms with Crippen LogP contribution in [0.2, 0.25) is 0 Å². The zero-order chi connectivity index (χ0) is 53.8. The Morgan fingerprint density at radius 3 is 0.787 bits per heavy atom. The largest absolute Gasteiger partial charge is 0.0622 e. The molecule has 0 saturated heterocycles.